The molecule has 0 unspecified atom stereocenters. The molecular formula is C18H13FN2O2. The van der Waals surface area contributed by atoms with Gasteiger partial charge in [0.2, 0.25) is 0 Å². The maximum atomic E-state index is 13.5. The summed E-state index contributed by atoms with van der Waals surface area (Å²) in [4.78, 5) is 11.9. The molecule has 0 aromatic heterocycles. The average molecular weight is 308 g/mol. The molecule has 3 aromatic carbocycles. The van der Waals surface area contributed by atoms with Crippen LogP contribution in [0.15, 0.2) is 65.8 Å². The van der Waals surface area contributed by atoms with Gasteiger partial charge in [0.05, 0.1) is 11.8 Å². The van der Waals surface area contributed by atoms with E-state index in [2.05, 4.69) is 10.5 Å². The Bertz CT molecular complexity index is 906. The Morgan fingerprint density at radius 3 is 2.61 bits per heavy atom. The smallest absolute Gasteiger partial charge is 0.274 e. The van der Waals surface area contributed by atoms with Gasteiger partial charge >= 0.3 is 0 Å². The van der Waals surface area contributed by atoms with E-state index in [4.69, 9.17) is 0 Å². The van der Waals surface area contributed by atoms with E-state index in [1.807, 2.05) is 24.3 Å². The van der Waals surface area contributed by atoms with E-state index in [1.54, 1.807) is 18.2 Å². The lowest BCUT2D eigenvalue weighted by atomic mass is 10.0. The van der Waals surface area contributed by atoms with Crippen molar-refractivity contribution >= 4 is 22.9 Å². The zero-order valence-corrected chi connectivity index (χ0v) is 12.0. The molecule has 0 saturated heterocycles. The molecule has 0 fully saturated rings. The number of halogens is 1. The molecule has 0 radical (unpaired) electrons. The number of nitrogens with zero attached hydrogens (tertiary/aromatic N) is 1. The molecule has 0 heterocycles. The number of fused-ring (bicyclic) bond motifs is 1. The summed E-state index contributed by atoms with van der Waals surface area (Å²) in [5.74, 6) is -1.22. The average Bonchev–Trinajstić information content (AvgIpc) is 2.57. The second-order valence-corrected chi connectivity index (χ2v) is 4.90. The quantitative estimate of drug-likeness (QED) is 0.575. The molecule has 3 rings (SSSR count). The lowest BCUT2D eigenvalue weighted by molar-refractivity contribution is 0.0951. The minimum atomic E-state index is -0.654. The molecule has 0 aliphatic heterocycles. The van der Waals surface area contributed by atoms with Crippen LogP contribution < -0.4 is 5.43 Å². The maximum absolute atomic E-state index is 13.5. The standard InChI is InChI=1S/C18H13FN2O2/c19-16-8-4-3-7-14(16)18(23)21-20-11-15-13-6-2-1-5-12(13)9-10-17(15)22/h1-11,22H,(H,21,23). The van der Waals surface area contributed by atoms with Crippen LogP contribution in [0.3, 0.4) is 0 Å². The van der Waals surface area contributed by atoms with Gasteiger partial charge < -0.3 is 5.11 Å². The van der Waals surface area contributed by atoms with Crippen LogP contribution in [0.2, 0.25) is 0 Å². The molecule has 5 heteroatoms. The third-order valence-corrected chi connectivity index (χ3v) is 3.43. The van der Waals surface area contributed by atoms with Gasteiger partial charge in [0, 0.05) is 5.56 Å². The summed E-state index contributed by atoms with van der Waals surface area (Å²) in [7, 11) is 0. The SMILES string of the molecule is O=C(NN=Cc1c(O)ccc2ccccc12)c1ccccc1F. The Balaban J connectivity index is 1.85. The number of amides is 1. The molecule has 0 saturated carbocycles. The lowest BCUT2D eigenvalue weighted by Gasteiger charge is -2.05. The fourth-order valence-corrected chi connectivity index (χ4v) is 2.28. The third-order valence-electron chi connectivity index (χ3n) is 3.43. The molecule has 3 aromatic rings. The minimum absolute atomic E-state index is 0.0487. The van der Waals surface area contributed by atoms with Crippen LogP contribution in [0.1, 0.15) is 15.9 Å². The number of nitrogens with one attached hydrogen (secondary N) is 1. The van der Waals surface area contributed by atoms with E-state index in [1.165, 1.54) is 24.4 Å². The first kappa shape index (κ1) is 14.7. The predicted molar refractivity (Wildman–Crippen MR) is 87.1 cm³/mol. The van der Waals surface area contributed by atoms with E-state index < -0.39 is 11.7 Å². The number of hydrazone groups is 1. The predicted octanol–water partition coefficient (Wildman–Crippen LogP) is 3.45. The molecule has 0 spiro atoms. The first-order valence-corrected chi connectivity index (χ1v) is 6.95. The van der Waals surface area contributed by atoms with E-state index in [0.29, 0.717) is 5.56 Å². The number of aromatic hydroxyl groups is 1. The summed E-state index contributed by atoms with van der Waals surface area (Å²) in [6, 6.07) is 16.5. The van der Waals surface area contributed by atoms with Gasteiger partial charge in [0.15, 0.2) is 0 Å². The van der Waals surface area contributed by atoms with E-state index in [9.17, 15) is 14.3 Å². The fraction of sp³-hybridized carbons (Fsp3) is 0. The number of benzene rings is 3. The first-order chi connectivity index (χ1) is 11.2. The van der Waals surface area contributed by atoms with Crippen molar-refractivity contribution < 1.29 is 14.3 Å². The molecule has 1 amide bonds. The van der Waals surface area contributed by atoms with Gasteiger partial charge in [-0.3, -0.25) is 4.79 Å². The molecule has 23 heavy (non-hydrogen) atoms. The molecule has 0 aliphatic rings. The maximum Gasteiger partial charge on any atom is 0.274 e. The fourth-order valence-electron chi connectivity index (χ4n) is 2.28. The van der Waals surface area contributed by atoms with Gasteiger partial charge in [-0.05, 0) is 29.0 Å². The molecule has 4 nitrogen and oxygen atoms in total. The first-order valence-electron chi connectivity index (χ1n) is 6.95. The molecule has 2 N–H and O–H groups in total. The number of hydrogen-bond donors (Lipinski definition) is 2. The van der Waals surface area contributed by atoms with Crippen LogP contribution in [-0.2, 0) is 0 Å². The van der Waals surface area contributed by atoms with Gasteiger partial charge in [0.25, 0.3) is 5.91 Å². The van der Waals surface area contributed by atoms with Crippen molar-refractivity contribution in [1.82, 2.24) is 5.43 Å². The summed E-state index contributed by atoms with van der Waals surface area (Å²) in [5, 5.41) is 15.5. The second-order valence-electron chi connectivity index (χ2n) is 4.90. The Labute approximate surface area is 131 Å². The highest BCUT2D eigenvalue weighted by atomic mass is 19.1. The van der Waals surface area contributed by atoms with Gasteiger partial charge in [-0.25, -0.2) is 9.82 Å². The van der Waals surface area contributed by atoms with Crippen molar-refractivity contribution in [3.05, 3.63) is 77.6 Å². The Hall–Kier alpha value is -3.21. The van der Waals surface area contributed by atoms with Gasteiger partial charge in [-0.2, -0.15) is 5.10 Å². The van der Waals surface area contributed by atoms with Crippen molar-refractivity contribution in [3.63, 3.8) is 0 Å². The monoisotopic (exact) mass is 308 g/mol. The number of phenols is 1. The van der Waals surface area contributed by atoms with Crippen LogP contribution in [0.25, 0.3) is 10.8 Å². The van der Waals surface area contributed by atoms with E-state index in [0.717, 1.165) is 10.8 Å². The van der Waals surface area contributed by atoms with Crippen molar-refractivity contribution in [2.45, 2.75) is 0 Å². The van der Waals surface area contributed by atoms with Crippen molar-refractivity contribution in [2.75, 3.05) is 0 Å². The number of hydrogen-bond acceptors (Lipinski definition) is 3. The highest BCUT2D eigenvalue weighted by molar-refractivity contribution is 6.03. The lowest BCUT2D eigenvalue weighted by Crippen LogP contribution is -2.18. The van der Waals surface area contributed by atoms with E-state index in [-0.39, 0.29) is 11.3 Å². The molecular weight excluding hydrogens is 295 g/mol. The van der Waals surface area contributed by atoms with Gasteiger partial charge in [-0.15, -0.1) is 0 Å². The summed E-state index contributed by atoms with van der Waals surface area (Å²) >= 11 is 0. The summed E-state index contributed by atoms with van der Waals surface area (Å²) < 4.78 is 13.5. The molecule has 0 bridgehead atoms. The van der Waals surface area contributed by atoms with Crippen LogP contribution in [-0.4, -0.2) is 17.2 Å². The molecule has 0 aliphatic carbocycles. The number of carbonyl (C=O) groups is 1. The zero-order chi connectivity index (χ0) is 16.2. The number of carbonyl (C=O) groups excluding carboxylic acids is 1. The Morgan fingerprint density at radius 2 is 1.78 bits per heavy atom. The largest absolute Gasteiger partial charge is 0.507 e. The summed E-state index contributed by atoms with van der Waals surface area (Å²) in [5.41, 5.74) is 2.65. The van der Waals surface area contributed by atoms with Crippen molar-refractivity contribution in [3.8, 4) is 5.75 Å². The molecule has 0 atom stereocenters. The molecule has 114 valence electrons. The highest BCUT2D eigenvalue weighted by Crippen LogP contribution is 2.25. The highest BCUT2D eigenvalue weighted by Gasteiger charge is 2.09. The van der Waals surface area contributed by atoms with Crippen LogP contribution in [0.4, 0.5) is 4.39 Å². The Morgan fingerprint density at radius 1 is 1.04 bits per heavy atom. The van der Waals surface area contributed by atoms with Crippen LogP contribution >= 0.6 is 0 Å². The van der Waals surface area contributed by atoms with Crippen molar-refractivity contribution in [1.29, 1.82) is 0 Å². The van der Waals surface area contributed by atoms with Gasteiger partial charge in [0.1, 0.15) is 11.6 Å². The Kier molecular flexibility index (Phi) is 4.01. The number of phenolic OH excluding ortho intramolecular Hbond substituents is 1. The van der Waals surface area contributed by atoms with Gasteiger partial charge in [-0.1, -0.05) is 42.5 Å². The number of rotatable bonds is 3. The topological polar surface area (TPSA) is 61.7 Å². The summed E-state index contributed by atoms with van der Waals surface area (Å²) in [6.07, 6.45) is 1.34. The normalized spacial score (nSPS) is 11.0. The summed E-state index contributed by atoms with van der Waals surface area (Å²) in [6.45, 7) is 0. The van der Waals surface area contributed by atoms with E-state index >= 15 is 0 Å². The van der Waals surface area contributed by atoms with Crippen LogP contribution in [0.5, 0.6) is 5.75 Å². The zero-order valence-electron chi connectivity index (χ0n) is 12.0. The third kappa shape index (κ3) is 3.03. The van der Waals surface area contributed by atoms with Crippen LogP contribution in [0, 0.1) is 5.82 Å². The van der Waals surface area contributed by atoms with Crippen molar-refractivity contribution in [2.24, 2.45) is 5.10 Å². The minimum Gasteiger partial charge on any atom is -0.507 e. The second kappa shape index (κ2) is 6.27.